The minimum Gasteiger partial charge on any atom is -0.423 e. The number of para-hydroxylation sites is 1. The van der Waals surface area contributed by atoms with Crippen molar-refractivity contribution in [2.75, 3.05) is 0 Å². The third kappa shape index (κ3) is 4.17. The molecule has 2 aliphatic rings. The Hall–Kier alpha value is -1.38. The molecule has 1 aromatic rings. The summed E-state index contributed by atoms with van der Waals surface area (Å²) >= 11 is 0. The van der Waals surface area contributed by atoms with Gasteiger partial charge < -0.3 is 4.74 Å². The first-order valence-electron chi connectivity index (χ1n) is 9.63. The molecule has 0 radical (unpaired) electrons. The molecule has 3 rings (SSSR count). The summed E-state index contributed by atoms with van der Waals surface area (Å²) < 4.78 is 18.9. The van der Waals surface area contributed by atoms with Crippen LogP contribution in [-0.2, 0) is 4.79 Å². The Kier molecular flexibility index (Phi) is 5.91. The fraction of sp³-hybridized carbons (Fsp3) is 0.667. The topological polar surface area (TPSA) is 26.3 Å². The highest BCUT2D eigenvalue weighted by Crippen LogP contribution is 2.42. The number of hydrogen-bond acceptors (Lipinski definition) is 2. The molecule has 2 saturated carbocycles. The van der Waals surface area contributed by atoms with E-state index >= 15 is 0 Å². The van der Waals surface area contributed by atoms with E-state index in [1.165, 1.54) is 44.2 Å². The van der Waals surface area contributed by atoms with Crippen molar-refractivity contribution in [1.29, 1.82) is 0 Å². The zero-order valence-electron chi connectivity index (χ0n) is 14.7. The summed E-state index contributed by atoms with van der Waals surface area (Å²) in [7, 11) is 0. The smallest absolute Gasteiger partial charge is 0.314 e. The number of carbonyl (C=O) groups excluding carboxylic acids is 1. The van der Waals surface area contributed by atoms with E-state index in [-0.39, 0.29) is 17.6 Å². The minimum absolute atomic E-state index is 0.0579. The second-order valence-corrected chi connectivity index (χ2v) is 7.65. The molecule has 0 aliphatic heterocycles. The Bertz CT molecular complexity index is 541. The monoisotopic (exact) mass is 332 g/mol. The lowest BCUT2D eigenvalue weighted by molar-refractivity contribution is -0.140. The summed E-state index contributed by atoms with van der Waals surface area (Å²) in [5.41, 5.74) is 0. The molecule has 2 nitrogen and oxygen atoms in total. The van der Waals surface area contributed by atoms with E-state index in [2.05, 4.69) is 6.92 Å². The number of rotatable bonds is 4. The maximum Gasteiger partial charge on any atom is 0.314 e. The van der Waals surface area contributed by atoms with Gasteiger partial charge in [0, 0.05) is 0 Å². The first kappa shape index (κ1) is 17.4. The Morgan fingerprint density at radius 2 is 1.58 bits per heavy atom. The van der Waals surface area contributed by atoms with Crippen LogP contribution in [0.15, 0.2) is 24.3 Å². The van der Waals surface area contributed by atoms with Crippen LogP contribution in [0.2, 0.25) is 0 Å². The Labute approximate surface area is 144 Å². The predicted molar refractivity (Wildman–Crippen MR) is 93.2 cm³/mol. The summed E-state index contributed by atoms with van der Waals surface area (Å²) in [6, 6.07) is 6.14. The molecule has 0 amide bonds. The van der Waals surface area contributed by atoms with Crippen molar-refractivity contribution in [2.24, 2.45) is 23.7 Å². The van der Waals surface area contributed by atoms with Crippen molar-refractivity contribution in [2.45, 2.75) is 64.7 Å². The van der Waals surface area contributed by atoms with Crippen molar-refractivity contribution in [3.8, 4) is 5.75 Å². The second-order valence-electron chi connectivity index (χ2n) is 7.65. The van der Waals surface area contributed by atoms with Crippen LogP contribution in [0.4, 0.5) is 4.39 Å². The molecule has 132 valence electrons. The van der Waals surface area contributed by atoms with E-state index in [0.29, 0.717) is 0 Å². The van der Waals surface area contributed by atoms with Gasteiger partial charge in [0.1, 0.15) is 0 Å². The molecule has 0 bridgehead atoms. The Balaban J connectivity index is 1.46. The van der Waals surface area contributed by atoms with Crippen LogP contribution in [0.1, 0.15) is 64.7 Å². The van der Waals surface area contributed by atoms with Gasteiger partial charge in [-0.05, 0) is 68.4 Å². The second kappa shape index (κ2) is 8.13. The highest BCUT2D eigenvalue weighted by atomic mass is 19.1. The molecule has 2 fully saturated rings. The summed E-state index contributed by atoms with van der Waals surface area (Å²) in [6.45, 7) is 2.30. The van der Waals surface area contributed by atoms with Gasteiger partial charge in [-0.2, -0.15) is 0 Å². The van der Waals surface area contributed by atoms with Gasteiger partial charge in [0.15, 0.2) is 11.6 Å². The van der Waals surface area contributed by atoms with Gasteiger partial charge in [0.2, 0.25) is 0 Å². The van der Waals surface area contributed by atoms with Crippen LogP contribution < -0.4 is 4.74 Å². The van der Waals surface area contributed by atoms with E-state index in [1.54, 1.807) is 12.1 Å². The van der Waals surface area contributed by atoms with Gasteiger partial charge in [-0.15, -0.1) is 0 Å². The van der Waals surface area contributed by atoms with Crippen LogP contribution in [0.25, 0.3) is 0 Å². The van der Waals surface area contributed by atoms with Gasteiger partial charge in [-0.25, -0.2) is 4.39 Å². The molecule has 0 spiro atoms. The molecule has 1 aromatic carbocycles. The molecule has 2 aliphatic carbocycles. The molecule has 0 aromatic heterocycles. The molecule has 24 heavy (non-hydrogen) atoms. The fourth-order valence-electron chi connectivity index (χ4n) is 4.61. The van der Waals surface area contributed by atoms with Crippen LogP contribution >= 0.6 is 0 Å². The number of benzene rings is 1. The minimum atomic E-state index is -0.466. The van der Waals surface area contributed by atoms with Crippen molar-refractivity contribution >= 4 is 5.97 Å². The van der Waals surface area contributed by atoms with E-state index < -0.39 is 5.82 Å². The fourth-order valence-corrected chi connectivity index (χ4v) is 4.61. The molecule has 0 atom stereocenters. The SMILES string of the molecule is CCC1CCC(C2CCC(C(=O)Oc3ccccc3F)CC2)CC1. The van der Waals surface area contributed by atoms with Gasteiger partial charge in [0.05, 0.1) is 5.92 Å². The van der Waals surface area contributed by atoms with E-state index in [0.717, 1.165) is 43.4 Å². The zero-order valence-corrected chi connectivity index (χ0v) is 14.7. The van der Waals surface area contributed by atoms with Gasteiger partial charge >= 0.3 is 5.97 Å². The third-order valence-electron chi connectivity index (χ3n) is 6.29. The van der Waals surface area contributed by atoms with Gasteiger partial charge in [0.25, 0.3) is 0 Å². The van der Waals surface area contributed by atoms with Crippen molar-refractivity contribution in [1.82, 2.24) is 0 Å². The number of esters is 1. The number of ether oxygens (including phenoxy) is 1. The van der Waals surface area contributed by atoms with Crippen molar-refractivity contribution < 1.29 is 13.9 Å². The van der Waals surface area contributed by atoms with E-state index in [9.17, 15) is 9.18 Å². The Morgan fingerprint density at radius 3 is 2.17 bits per heavy atom. The molecule has 0 heterocycles. The first-order chi connectivity index (χ1) is 11.7. The standard InChI is InChI=1S/C21H29FO2/c1-2-15-7-9-16(10-8-15)17-11-13-18(14-12-17)21(23)24-20-6-4-3-5-19(20)22/h3-6,15-18H,2,7-14H2,1H3. The highest BCUT2D eigenvalue weighted by molar-refractivity contribution is 5.75. The summed E-state index contributed by atoms with van der Waals surface area (Å²) in [5.74, 6) is 1.85. The molecule has 0 N–H and O–H groups in total. The normalized spacial score (nSPS) is 30.8. The number of hydrogen-bond donors (Lipinski definition) is 0. The highest BCUT2D eigenvalue weighted by Gasteiger charge is 2.33. The molecule has 0 saturated heterocycles. The lowest BCUT2D eigenvalue weighted by Crippen LogP contribution is -2.30. The lowest BCUT2D eigenvalue weighted by Gasteiger charge is -2.37. The van der Waals surface area contributed by atoms with Crippen molar-refractivity contribution in [3.63, 3.8) is 0 Å². The van der Waals surface area contributed by atoms with E-state index in [4.69, 9.17) is 4.74 Å². The largest absolute Gasteiger partial charge is 0.423 e. The Morgan fingerprint density at radius 1 is 1.00 bits per heavy atom. The van der Waals surface area contributed by atoms with Gasteiger partial charge in [-0.1, -0.05) is 38.3 Å². The average Bonchev–Trinajstić information content (AvgIpc) is 2.64. The summed E-state index contributed by atoms with van der Waals surface area (Å²) in [6.07, 6.45) is 10.9. The average molecular weight is 332 g/mol. The molecular formula is C21H29FO2. The van der Waals surface area contributed by atoms with Crippen LogP contribution in [-0.4, -0.2) is 5.97 Å². The lowest BCUT2D eigenvalue weighted by atomic mass is 9.69. The zero-order chi connectivity index (χ0) is 16.9. The third-order valence-corrected chi connectivity index (χ3v) is 6.29. The summed E-state index contributed by atoms with van der Waals surface area (Å²) in [5, 5.41) is 0. The van der Waals surface area contributed by atoms with Gasteiger partial charge in [-0.3, -0.25) is 4.79 Å². The predicted octanol–water partition coefficient (Wildman–Crippen LogP) is 5.75. The number of carbonyl (C=O) groups is 1. The maximum atomic E-state index is 13.6. The van der Waals surface area contributed by atoms with Crippen LogP contribution in [0.5, 0.6) is 5.75 Å². The molecule has 3 heteroatoms. The molecular weight excluding hydrogens is 303 g/mol. The first-order valence-corrected chi connectivity index (χ1v) is 9.63. The quantitative estimate of drug-likeness (QED) is 0.518. The molecule has 0 unspecified atom stereocenters. The van der Waals surface area contributed by atoms with Crippen molar-refractivity contribution in [3.05, 3.63) is 30.1 Å². The van der Waals surface area contributed by atoms with Crippen LogP contribution in [0.3, 0.4) is 0 Å². The summed E-state index contributed by atoms with van der Waals surface area (Å²) in [4.78, 5) is 12.3. The number of halogens is 1. The van der Waals surface area contributed by atoms with Crippen LogP contribution in [0, 0.1) is 29.5 Å². The maximum absolute atomic E-state index is 13.6. The van der Waals surface area contributed by atoms with E-state index in [1.807, 2.05) is 0 Å².